The summed E-state index contributed by atoms with van der Waals surface area (Å²) in [5, 5.41) is 15.8. The van der Waals surface area contributed by atoms with E-state index in [0.29, 0.717) is 31.1 Å². The van der Waals surface area contributed by atoms with Crippen LogP contribution in [0.4, 0.5) is 0 Å². The van der Waals surface area contributed by atoms with Gasteiger partial charge in [-0.3, -0.25) is 9.59 Å². The number of hydrogen-bond donors (Lipinski definition) is 3. The van der Waals surface area contributed by atoms with E-state index in [-0.39, 0.29) is 13.1 Å². The van der Waals surface area contributed by atoms with Gasteiger partial charge in [0.1, 0.15) is 0 Å². The number of rotatable bonds is 4. The molecule has 2 amide bonds. The fourth-order valence-electron chi connectivity index (χ4n) is 2.12. The zero-order valence-electron chi connectivity index (χ0n) is 12.1. The van der Waals surface area contributed by atoms with E-state index in [1.165, 1.54) is 0 Å². The van der Waals surface area contributed by atoms with Gasteiger partial charge in [-0.25, -0.2) is 0 Å². The van der Waals surface area contributed by atoms with E-state index in [2.05, 4.69) is 10.6 Å². The maximum absolute atomic E-state index is 11.7. The molecule has 1 fully saturated rings. The third-order valence-corrected chi connectivity index (χ3v) is 3.83. The fourth-order valence-corrected chi connectivity index (χ4v) is 2.24. The van der Waals surface area contributed by atoms with Gasteiger partial charge in [-0.15, -0.1) is 0 Å². The minimum absolute atomic E-state index is 0.0452. The van der Waals surface area contributed by atoms with E-state index in [1.807, 2.05) is 0 Å². The summed E-state index contributed by atoms with van der Waals surface area (Å²) in [6.45, 7) is 1.19. The molecule has 1 aromatic rings. The Bertz CT molecular complexity index is 527. The number of aliphatic hydroxyl groups is 1. The molecule has 0 spiro atoms. The number of ether oxygens (including phenoxy) is 1. The third kappa shape index (κ3) is 4.98. The quantitative estimate of drug-likeness (QED) is 0.708. The SMILES string of the molecule is O=C(NCc1ccc(Cl)cc1)C(=O)NCC1(O)CCOCC1. The summed E-state index contributed by atoms with van der Waals surface area (Å²) in [6, 6.07) is 6.96. The van der Waals surface area contributed by atoms with Gasteiger partial charge in [-0.1, -0.05) is 23.7 Å². The summed E-state index contributed by atoms with van der Waals surface area (Å²) in [5.41, 5.74) is -0.154. The topological polar surface area (TPSA) is 87.7 Å². The molecule has 1 heterocycles. The summed E-state index contributed by atoms with van der Waals surface area (Å²) in [7, 11) is 0. The summed E-state index contributed by atoms with van der Waals surface area (Å²) in [5.74, 6) is -1.49. The van der Waals surface area contributed by atoms with Crippen LogP contribution in [0.3, 0.4) is 0 Å². The van der Waals surface area contributed by atoms with Crippen molar-refractivity contribution in [2.75, 3.05) is 19.8 Å². The Balaban J connectivity index is 1.74. The van der Waals surface area contributed by atoms with E-state index >= 15 is 0 Å². The molecule has 0 aliphatic carbocycles. The number of halogens is 1. The predicted octanol–water partition coefficient (Wildman–Crippen LogP) is 0.614. The van der Waals surface area contributed by atoms with E-state index in [9.17, 15) is 14.7 Å². The van der Waals surface area contributed by atoms with Crippen LogP contribution in [0.5, 0.6) is 0 Å². The van der Waals surface area contributed by atoms with Gasteiger partial charge in [0, 0.05) is 44.2 Å². The number of carbonyl (C=O) groups excluding carboxylic acids is 2. The fraction of sp³-hybridized carbons (Fsp3) is 0.467. The molecule has 0 unspecified atom stereocenters. The Morgan fingerprint density at radius 3 is 2.36 bits per heavy atom. The van der Waals surface area contributed by atoms with Gasteiger partial charge >= 0.3 is 11.8 Å². The van der Waals surface area contributed by atoms with E-state index in [1.54, 1.807) is 24.3 Å². The summed E-state index contributed by atoms with van der Waals surface area (Å²) < 4.78 is 5.15. The molecule has 22 heavy (non-hydrogen) atoms. The average molecular weight is 327 g/mol. The van der Waals surface area contributed by atoms with E-state index in [4.69, 9.17) is 16.3 Å². The summed E-state index contributed by atoms with van der Waals surface area (Å²) in [6.07, 6.45) is 0.888. The van der Waals surface area contributed by atoms with Crippen LogP contribution in [0.2, 0.25) is 5.02 Å². The smallest absolute Gasteiger partial charge is 0.309 e. The normalized spacial score (nSPS) is 16.8. The molecule has 1 aliphatic heterocycles. The zero-order chi connectivity index (χ0) is 16.0. The van der Waals surface area contributed by atoms with Crippen LogP contribution >= 0.6 is 11.6 Å². The van der Waals surface area contributed by atoms with E-state index in [0.717, 1.165) is 5.56 Å². The summed E-state index contributed by atoms with van der Waals surface area (Å²) >= 11 is 5.77. The van der Waals surface area contributed by atoms with Crippen LogP contribution in [0.15, 0.2) is 24.3 Å². The first-order valence-electron chi connectivity index (χ1n) is 7.09. The van der Waals surface area contributed by atoms with Crippen LogP contribution in [-0.2, 0) is 20.9 Å². The highest BCUT2D eigenvalue weighted by Gasteiger charge is 2.30. The molecule has 3 N–H and O–H groups in total. The molecule has 1 saturated heterocycles. The number of nitrogens with one attached hydrogen (secondary N) is 2. The van der Waals surface area contributed by atoms with Gasteiger partial charge < -0.3 is 20.5 Å². The van der Waals surface area contributed by atoms with Crippen molar-refractivity contribution in [3.8, 4) is 0 Å². The van der Waals surface area contributed by atoms with Crippen LogP contribution < -0.4 is 10.6 Å². The van der Waals surface area contributed by atoms with Gasteiger partial charge in [-0.2, -0.15) is 0 Å². The molecule has 0 radical (unpaired) electrons. The Morgan fingerprint density at radius 1 is 1.14 bits per heavy atom. The molecule has 0 atom stereocenters. The minimum atomic E-state index is -0.996. The molecule has 1 aliphatic rings. The second kappa shape index (κ2) is 7.58. The Labute approximate surface area is 133 Å². The third-order valence-electron chi connectivity index (χ3n) is 3.57. The zero-order valence-corrected chi connectivity index (χ0v) is 12.9. The molecule has 120 valence electrons. The Morgan fingerprint density at radius 2 is 1.73 bits per heavy atom. The lowest BCUT2D eigenvalue weighted by molar-refractivity contribution is -0.140. The van der Waals surface area contributed by atoms with Crippen molar-refractivity contribution in [1.82, 2.24) is 10.6 Å². The van der Waals surface area contributed by atoms with Gasteiger partial charge in [0.05, 0.1) is 5.60 Å². The first kappa shape index (κ1) is 16.7. The molecule has 1 aromatic carbocycles. The molecule has 0 bridgehead atoms. The van der Waals surface area contributed by atoms with E-state index < -0.39 is 17.4 Å². The lowest BCUT2D eigenvalue weighted by atomic mass is 9.94. The molecule has 7 heteroatoms. The molecular formula is C15H19ClN2O4. The number of carbonyl (C=O) groups is 2. The van der Waals surface area contributed by atoms with Crippen LogP contribution in [0, 0.1) is 0 Å². The maximum Gasteiger partial charge on any atom is 0.309 e. The second-order valence-corrected chi connectivity index (χ2v) is 5.76. The first-order chi connectivity index (χ1) is 10.5. The van der Waals surface area contributed by atoms with Crippen LogP contribution in [-0.4, -0.2) is 42.3 Å². The highest BCUT2D eigenvalue weighted by Crippen LogP contribution is 2.19. The second-order valence-electron chi connectivity index (χ2n) is 5.33. The van der Waals surface area contributed by atoms with Crippen LogP contribution in [0.1, 0.15) is 18.4 Å². The van der Waals surface area contributed by atoms with Crippen molar-refractivity contribution < 1.29 is 19.4 Å². The van der Waals surface area contributed by atoms with Crippen molar-refractivity contribution in [2.45, 2.75) is 25.0 Å². The molecule has 2 rings (SSSR count). The summed E-state index contributed by atoms with van der Waals surface area (Å²) in [4.78, 5) is 23.4. The predicted molar refractivity (Wildman–Crippen MR) is 81.3 cm³/mol. The largest absolute Gasteiger partial charge is 0.388 e. The standard InChI is InChI=1S/C15H19ClN2O4/c16-12-3-1-11(2-4-12)9-17-13(19)14(20)18-10-15(21)5-7-22-8-6-15/h1-4,21H,5-10H2,(H,17,19)(H,18,20). The van der Waals surface area contributed by atoms with Crippen LogP contribution in [0.25, 0.3) is 0 Å². The number of benzene rings is 1. The van der Waals surface area contributed by atoms with Crippen molar-refractivity contribution in [2.24, 2.45) is 0 Å². The average Bonchev–Trinajstić information content (AvgIpc) is 2.52. The highest BCUT2D eigenvalue weighted by molar-refractivity contribution is 6.35. The number of hydrogen-bond acceptors (Lipinski definition) is 4. The van der Waals surface area contributed by atoms with Crippen molar-refractivity contribution >= 4 is 23.4 Å². The molecule has 6 nitrogen and oxygen atoms in total. The number of amides is 2. The van der Waals surface area contributed by atoms with Gasteiger partial charge in [0.2, 0.25) is 0 Å². The first-order valence-corrected chi connectivity index (χ1v) is 7.47. The van der Waals surface area contributed by atoms with Crippen molar-refractivity contribution in [1.29, 1.82) is 0 Å². The van der Waals surface area contributed by atoms with Gasteiger partial charge in [0.15, 0.2) is 0 Å². The lowest BCUT2D eigenvalue weighted by Gasteiger charge is -2.31. The molecular weight excluding hydrogens is 308 g/mol. The van der Waals surface area contributed by atoms with Crippen molar-refractivity contribution in [3.05, 3.63) is 34.9 Å². The maximum atomic E-state index is 11.7. The monoisotopic (exact) mass is 326 g/mol. The van der Waals surface area contributed by atoms with Crippen molar-refractivity contribution in [3.63, 3.8) is 0 Å². The molecule has 0 saturated carbocycles. The highest BCUT2D eigenvalue weighted by atomic mass is 35.5. The minimum Gasteiger partial charge on any atom is -0.388 e. The Hall–Kier alpha value is -1.63. The van der Waals surface area contributed by atoms with Gasteiger partial charge in [-0.05, 0) is 17.7 Å². The molecule has 0 aromatic heterocycles. The Kier molecular flexibility index (Phi) is 5.76. The van der Waals surface area contributed by atoms with Gasteiger partial charge in [0.25, 0.3) is 0 Å². The lowest BCUT2D eigenvalue weighted by Crippen LogP contribution is -2.49.